The standard InChI is InChI=1S/C16H17BrN2O2/c1-11(2)12-4-3-5-15(9-12)18-10-13-8-14(17)6-7-16(13)19(20)21/h3-9,11,18H,10H2,1-2H3. The molecule has 0 aromatic heterocycles. The summed E-state index contributed by atoms with van der Waals surface area (Å²) in [6, 6.07) is 13.1. The largest absolute Gasteiger partial charge is 0.381 e. The number of anilines is 1. The fourth-order valence-corrected chi connectivity index (χ4v) is 2.49. The molecule has 0 aliphatic rings. The Labute approximate surface area is 132 Å². The van der Waals surface area contributed by atoms with E-state index in [1.807, 2.05) is 12.1 Å². The van der Waals surface area contributed by atoms with Crippen molar-refractivity contribution in [1.82, 2.24) is 0 Å². The number of nitrogens with one attached hydrogen (secondary N) is 1. The van der Waals surface area contributed by atoms with Crippen LogP contribution in [0.4, 0.5) is 11.4 Å². The second kappa shape index (κ2) is 6.72. The summed E-state index contributed by atoms with van der Waals surface area (Å²) < 4.78 is 0.834. The van der Waals surface area contributed by atoms with Crippen LogP contribution in [-0.2, 0) is 6.54 Å². The average Bonchev–Trinajstić information content (AvgIpc) is 2.45. The number of nitro benzene ring substituents is 1. The molecule has 5 heteroatoms. The molecule has 2 aromatic rings. The third kappa shape index (κ3) is 4.04. The molecule has 2 aromatic carbocycles. The van der Waals surface area contributed by atoms with Gasteiger partial charge in [-0.05, 0) is 35.7 Å². The van der Waals surface area contributed by atoms with Gasteiger partial charge in [-0.1, -0.05) is 41.9 Å². The molecule has 1 N–H and O–H groups in total. The van der Waals surface area contributed by atoms with E-state index < -0.39 is 0 Å². The molecule has 0 fully saturated rings. The van der Waals surface area contributed by atoms with Gasteiger partial charge in [0.05, 0.1) is 4.92 Å². The van der Waals surface area contributed by atoms with Crippen LogP contribution in [0.3, 0.4) is 0 Å². The molecule has 0 saturated carbocycles. The highest BCUT2D eigenvalue weighted by Gasteiger charge is 2.13. The Morgan fingerprint density at radius 3 is 2.67 bits per heavy atom. The van der Waals surface area contributed by atoms with Gasteiger partial charge in [0, 0.05) is 28.3 Å². The molecule has 2 rings (SSSR count). The van der Waals surface area contributed by atoms with Crippen molar-refractivity contribution in [2.75, 3.05) is 5.32 Å². The predicted molar refractivity (Wildman–Crippen MR) is 88.7 cm³/mol. The smallest absolute Gasteiger partial charge is 0.274 e. The second-order valence-corrected chi connectivity index (χ2v) is 6.08. The van der Waals surface area contributed by atoms with E-state index >= 15 is 0 Å². The quantitative estimate of drug-likeness (QED) is 0.604. The Balaban J connectivity index is 2.18. The summed E-state index contributed by atoms with van der Waals surface area (Å²) in [5.74, 6) is 0.451. The van der Waals surface area contributed by atoms with Crippen LogP contribution in [0.2, 0.25) is 0 Å². The highest BCUT2D eigenvalue weighted by molar-refractivity contribution is 9.10. The lowest BCUT2D eigenvalue weighted by Crippen LogP contribution is -2.03. The Bertz CT molecular complexity index is 656. The number of hydrogen-bond acceptors (Lipinski definition) is 3. The van der Waals surface area contributed by atoms with Crippen LogP contribution in [0.5, 0.6) is 0 Å². The Hall–Kier alpha value is -1.88. The monoisotopic (exact) mass is 348 g/mol. The average molecular weight is 349 g/mol. The van der Waals surface area contributed by atoms with Crippen molar-refractivity contribution in [3.8, 4) is 0 Å². The molecule has 0 aliphatic carbocycles. The molecule has 0 spiro atoms. The molecule has 21 heavy (non-hydrogen) atoms. The third-order valence-corrected chi connectivity index (χ3v) is 3.77. The Morgan fingerprint density at radius 1 is 1.24 bits per heavy atom. The zero-order chi connectivity index (χ0) is 15.4. The van der Waals surface area contributed by atoms with Crippen LogP contribution in [0, 0.1) is 10.1 Å². The third-order valence-electron chi connectivity index (χ3n) is 3.27. The van der Waals surface area contributed by atoms with Crippen molar-refractivity contribution in [3.05, 3.63) is 68.2 Å². The lowest BCUT2D eigenvalue weighted by atomic mass is 10.0. The minimum atomic E-state index is -0.353. The zero-order valence-corrected chi connectivity index (χ0v) is 13.6. The van der Waals surface area contributed by atoms with Crippen molar-refractivity contribution < 1.29 is 4.92 Å². The minimum Gasteiger partial charge on any atom is -0.381 e. The SMILES string of the molecule is CC(C)c1cccc(NCc2cc(Br)ccc2[N+](=O)[O-])c1. The molecule has 0 heterocycles. The number of nitro groups is 1. The van der Waals surface area contributed by atoms with Gasteiger partial charge in [-0.25, -0.2) is 0 Å². The minimum absolute atomic E-state index is 0.130. The number of halogens is 1. The number of benzene rings is 2. The van der Waals surface area contributed by atoms with Gasteiger partial charge in [-0.3, -0.25) is 10.1 Å². The van der Waals surface area contributed by atoms with Crippen molar-refractivity contribution >= 4 is 27.3 Å². The van der Waals surface area contributed by atoms with Crippen LogP contribution in [0.1, 0.15) is 30.9 Å². The molecule has 0 unspecified atom stereocenters. The molecule has 0 amide bonds. The van der Waals surface area contributed by atoms with E-state index in [1.165, 1.54) is 11.6 Å². The van der Waals surface area contributed by atoms with Gasteiger partial charge >= 0.3 is 0 Å². The lowest BCUT2D eigenvalue weighted by Gasteiger charge is -2.11. The van der Waals surface area contributed by atoms with Crippen LogP contribution in [0.15, 0.2) is 46.9 Å². The van der Waals surface area contributed by atoms with Gasteiger partial charge in [0.15, 0.2) is 0 Å². The van der Waals surface area contributed by atoms with E-state index in [1.54, 1.807) is 12.1 Å². The molecule has 0 radical (unpaired) electrons. The molecule has 0 atom stereocenters. The molecule has 4 nitrogen and oxygen atoms in total. The molecule has 0 saturated heterocycles. The van der Waals surface area contributed by atoms with Gasteiger partial charge in [-0.15, -0.1) is 0 Å². The maximum Gasteiger partial charge on any atom is 0.274 e. The van der Waals surface area contributed by atoms with Crippen LogP contribution in [0.25, 0.3) is 0 Å². The maximum absolute atomic E-state index is 11.1. The van der Waals surface area contributed by atoms with Crippen LogP contribution < -0.4 is 5.32 Å². The van der Waals surface area contributed by atoms with Gasteiger partial charge in [0.25, 0.3) is 5.69 Å². The van der Waals surface area contributed by atoms with Crippen LogP contribution >= 0.6 is 15.9 Å². The summed E-state index contributed by atoms with van der Waals surface area (Å²) in [6.07, 6.45) is 0. The fraction of sp³-hybridized carbons (Fsp3) is 0.250. The van der Waals surface area contributed by atoms with E-state index in [9.17, 15) is 10.1 Å². The predicted octanol–water partition coefficient (Wildman–Crippen LogP) is 5.09. The van der Waals surface area contributed by atoms with E-state index in [0.717, 1.165) is 10.2 Å². The first kappa shape index (κ1) is 15.5. The summed E-state index contributed by atoms with van der Waals surface area (Å²) in [7, 11) is 0. The lowest BCUT2D eigenvalue weighted by molar-refractivity contribution is -0.385. The van der Waals surface area contributed by atoms with Crippen molar-refractivity contribution in [2.24, 2.45) is 0 Å². The van der Waals surface area contributed by atoms with Gasteiger partial charge in [0.2, 0.25) is 0 Å². The van der Waals surface area contributed by atoms with Crippen molar-refractivity contribution in [3.63, 3.8) is 0 Å². The van der Waals surface area contributed by atoms with Gasteiger partial charge in [0.1, 0.15) is 0 Å². The van der Waals surface area contributed by atoms with Gasteiger partial charge < -0.3 is 5.32 Å². The highest BCUT2D eigenvalue weighted by Crippen LogP contribution is 2.25. The molecule has 110 valence electrons. The number of nitrogens with zero attached hydrogens (tertiary/aromatic N) is 1. The summed E-state index contributed by atoms with van der Waals surface area (Å²) in [6.45, 7) is 4.69. The molecular weight excluding hydrogens is 332 g/mol. The van der Waals surface area contributed by atoms with E-state index in [-0.39, 0.29) is 10.6 Å². The summed E-state index contributed by atoms with van der Waals surface area (Å²) in [5, 5.41) is 14.3. The number of rotatable bonds is 5. The van der Waals surface area contributed by atoms with Crippen molar-refractivity contribution in [1.29, 1.82) is 0 Å². The van der Waals surface area contributed by atoms with Gasteiger partial charge in [-0.2, -0.15) is 0 Å². The normalized spacial score (nSPS) is 10.7. The zero-order valence-electron chi connectivity index (χ0n) is 12.0. The first-order valence-corrected chi connectivity index (χ1v) is 7.53. The molecular formula is C16H17BrN2O2. The maximum atomic E-state index is 11.1. The summed E-state index contributed by atoms with van der Waals surface area (Å²) >= 11 is 3.35. The summed E-state index contributed by atoms with van der Waals surface area (Å²) in [5.41, 5.74) is 2.99. The van der Waals surface area contributed by atoms with Crippen LogP contribution in [-0.4, -0.2) is 4.92 Å². The topological polar surface area (TPSA) is 55.2 Å². The van der Waals surface area contributed by atoms with E-state index in [4.69, 9.17) is 0 Å². The molecule has 0 aliphatic heterocycles. The van der Waals surface area contributed by atoms with Crippen molar-refractivity contribution in [2.45, 2.75) is 26.3 Å². The second-order valence-electron chi connectivity index (χ2n) is 5.16. The highest BCUT2D eigenvalue weighted by atomic mass is 79.9. The Morgan fingerprint density at radius 2 is 2.00 bits per heavy atom. The summed E-state index contributed by atoms with van der Waals surface area (Å²) in [4.78, 5) is 10.7. The van der Waals surface area contributed by atoms with E-state index in [2.05, 4.69) is 47.2 Å². The fourth-order valence-electron chi connectivity index (χ4n) is 2.08. The number of hydrogen-bond donors (Lipinski definition) is 1. The Kier molecular flexibility index (Phi) is 4.96. The first-order chi connectivity index (χ1) is 9.97. The first-order valence-electron chi connectivity index (χ1n) is 6.74. The molecule has 0 bridgehead atoms. The van der Waals surface area contributed by atoms with E-state index in [0.29, 0.717) is 18.0 Å².